The average Bonchev–Trinajstić information content (AvgIpc) is 3.15. The van der Waals surface area contributed by atoms with E-state index in [9.17, 15) is 18.0 Å². The molecular weight excluding hydrogens is 459 g/mol. The largest absolute Gasteiger partial charge is 0.417 e. The lowest BCUT2D eigenvalue weighted by molar-refractivity contribution is -0.155. The van der Waals surface area contributed by atoms with Gasteiger partial charge in [-0.25, -0.2) is 13.6 Å². The molecule has 5 rings (SSSR count). The maximum absolute atomic E-state index is 15.5. The normalized spacial score (nSPS) is 21.8. The number of oxazole rings is 1. The third-order valence-corrected chi connectivity index (χ3v) is 6.60. The Morgan fingerprint density at radius 3 is 2.44 bits per heavy atom. The zero-order valence-electron chi connectivity index (χ0n) is 18.3. The Morgan fingerprint density at radius 1 is 1.12 bits per heavy atom. The van der Waals surface area contributed by atoms with Gasteiger partial charge in [0.05, 0.1) is 18.1 Å². The number of piperazine rings is 1. The molecule has 0 spiro atoms. The van der Waals surface area contributed by atoms with Gasteiger partial charge in [-0.1, -0.05) is 6.07 Å². The first kappa shape index (κ1) is 22.9. The van der Waals surface area contributed by atoms with Crippen LogP contribution in [0.4, 0.5) is 27.6 Å². The number of benzene rings is 2. The second kappa shape index (κ2) is 8.38. The van der Waals surface area contributed by atoms with E-state index in [0.29, 0.717) is 42.9 Å². The third-order valence-electron chi connectivity index (χ3n) is 6.60. The molecule has 2 aromatic carbocycles. The minimum absolute atomic E-state index is 0.127. The number of hydrogen-bond donors (Lipinski definition) is 2. The Labute approximate surface area is 191 Å². The molecule has 2 atom stereocenters. The first-order chi connectivity index (χ1) is 16.1. The van der Waals surface area contributed by atoms with E-state index in [2.05, 4.69) is 10.3 Å². The average molecular weight is 482 g/mol. The molecule has 0 amide bonds. The fraction of sp³-hybridized carbons (Fsp3) is 0.435. The van der Waals surface area contributed by atoms with E-state index in [0.717, 1.165) is 4.90 Å². The molecule has 3 aromatic rings. The van der Waals surface area contributed by atoms with Crippen LogP contribution >= 0.6 is 0 Å². The molecule has 6 nitrogen and oxygen atoms in total. The molecule has 1 saturated heterocycles. The number of aromatic amines is 1. The van der Waals surface area contributed by atoms with Crippen molar-refractivity contribution in [3.8, 4) is 0 Å². The third kappa shape index (κ3) is 4.07. The van der Waals surface area contributed by atoms with Gasteiger partial charge < -0.3 is 14.6 Å². The van der Waals surface area contributed by atoms with Crippen LogP contribution in [-0.2, 0) is 6.42 Å². The summed E-state index contributed by atoms with van der Waals surface area (Å²) in [6.07, 6.45) is -4.45. The lowest BCUT2D eigenvalue weighted by Crippen LogP contribution is -2.47. The molecule has 0 radical (unpaired) electrons. The summed E-state index contributed by atoms with van der Waals surface area (Å²) in [4.78, 5) is 17.2. The van der Waals surface area contributed by atoms with Crippen LogP contribution in [0.3, 0.4) is 0 Å². The quantitative estimate of drug-likeness (QED) is 0.558. The van der Waals surface area contributed by atoms with Gasteiger partial charge in [0.25, 0.3) is 0 Å². The van der Waals surface area contributed by atoms with Gasteiger partial charge in [0.2, 0.25) is 0 Å². The van der Waals surface area contributed by atoms with Crippen molar-refractivity contribution in [1.29, 1.82) is 0 Å². The van der Waals surface area contributed by atoms with Crippen LogP contribution in [0.15, 0.2) is 33.5 Å². The highest BCUT2D eigenvalue weighted by atomic mass is 19.4. The van der Waals surface area contributed by atoms with Gasteiger partial charge in [0.15, 0.2) is 5.58 Å². The van der Waals surface area contributed by atoms with Crippen LogP contribution in [0.1, 0.15) is 29.7 Å². The fourth-order valence-corrected chi connectivity index (χ4v) is 5.11. The number of nitrogens with one attached hydrogen (secondary N) is 2. The van der Waals surface area contributed by atoms with Gasteiger partial charge >= 0.3 is 11.9 Å². The number of aromatic nitrogens is 1. The van der Waals surface area contributed by atoms with E-state index in [-0.39, 0.29) is 17.6 Å². The van der Waals surface area contributed by atoms with Gasteiger partial charge in [0, 0.05) is 49.0 Å². The van der Waals surface area contributed by atoms with Crippen molar-refractivity contribution < 1.29 is 26.4 Å². The van der Waals surface area contributed by atoms with Gasteiger partial charge in [-0.15, -0.1) is 0 Å². The van der Waals surface area contributed by atoms with E-state index >= 15 is 8.78 Å². The number of anilines is 1. The molecule has 2 aliphatic heterocycles. The number of H-pyrrole nitrogens is 1. The molecule has 34 heavy (non-hydrogen) atoms. The summed E-state index contributed by atoms with van der Waals surface area (Å²) in [5.74, 6) is -2.54. The van der Waals surface area contributed by atoms with Crippen molar-refractivity contribution in [2.45, 2.75) is 31.6 Å². The number of halogens is 5. The molecule has 3 heterocycles. The monoisotopic (exact) mass is 482 g/mol. The highest BCUT2D eigenvalue weighted by molar-refractivity contribution is 5.78. The molecule has 1 fully saturated rings. The first-order valence-corrected chi connectivity index (χ1v) is 11.0. The summed E-state index contributed by atoms with van der Waals surface area (Å²) < 4.78 is 76.9. The topological polar surface area (TPSA) is 64.5 Å². The Hall–Kier alpha value is -2.92. The van der Waals surface area contributed by atoms with Gasteiger partial charge in [-0.05, 0) is 37.1 Å². The summed E-state index contributed by atoms with van der Waals surface area (Å²) in [5.41, 5.74) is 1.23. The fourth-order valence-electron chi connectivity index (χ4n) is 5.11. The molecule has 0 unspecified atom stereocenters. The molecule has 182 valence electrons. The van der Waals surface area contributed by atoms with Crippen molar-refractivity contribution in [3.05, 3.63) is 63.1 Å². The highest BCUT2D eigenvalue weighted by Gasteiger charge is 2.43. The molecule has 1 aromatic heterocycles. The minimum Gasteiger partial charge on any atom is -0.408 e. The minimum atomic E-state index is -4.58. The zero-order chi connectivity index (χ0) is 24.2. The standard InChI is InChI=1S/C23H23F5N4O2/c1-12-8-15-14(2-3-18-21(15)34-22(33)30-18)20(32(12)11-23(26,27)28)19-16(24)9-13(10-17(19)25)31-6-4-29-5-7-31/h2-3,9-10,12,20,29H,4-8,11H2,1H3,(H,30,33)/t12-,20+/m1/s1. The van der Waals surface area contributed by atoms with E-state index < -0.39 is 47.8 Å². The van der Waals surface area contributed by atoms with Crippen LogP contribution < -0.4 is 16.0 Å². The molecule has 0 bridgehead atoms. The van der Waals surface area contributed by atoms with Crippen LogP contribution in [0.2, 0.25) is 0 Å². The molecule has 2 aliphatic rings. The maximum Gasteiger partial charge on any atom is 0.417 e. The second-order valence-corrected chi connectivity index (χ2v) is 8.83. The van der Waals surface area contributed by atoms with Crippen molar-refractivity contribution in [2.24, 2.45) is 0 Å². The number of rotatable bonds is 3. The van der Waals surface area contributed by atoms with Gasteiger partial charge in [0.1, 0.15) is 11.6 Å². The predicted octanol–water partition coefficient (Wildman–Crippen LogP) is 3.71. The predicted molar refractivity (Wildman–Crippen MR) is 116 cm³/mol. The summed E-state index contributed by atoms with van der Waals surface area (Å²) in [6.45, 7) is 2.67. The Bertz CT molecular complexity index is 1260. The molecule has 2 N–H and O–H groups in total. The molecular formula is C23H23F5N4O2. The Morgan fingerprint density at radius 2 is 1.79 bits per heavy atom. The number of fused-ring (bicyclic) bond motifs is 3. The van der Waals surface area contributed by atoms with Crippen molar-refractivity contribution in [1.82, 2.24) is 15.2 Å². The number of alkyl halides is 3. The summed E-state index contributed by atoms with van der Waals surface area (Å²) in [6, 6.07) is 3.29. The number of hydrogen-bond acceptors (Lipinski definition) is 5. The summed E-state index contributed by atoms with van der Waals surface area (Å²) >= 11 is 0. The van der Waals surface area contributed by atoms with Crippen molar-refractivity contribution >= 4 is 16.8 Å². The number of nitrogens with zero attached hydrogens (tertiary/aromatic N) is 2. The summed E-state index contributed by atoms with van der Waals surface area (Å²) in [5, 5.41) is 3.16. The van der Waals surface area contributed by atoms with E-state index in [1.165, 1.54) is 24.3 Å². The van der Waals surface area contributed by atoms with Crippen molar-refractivity contribution in [3.63, 3.8) is 0 Å². The van der Waals surface area contributed by atoms with Crippen LogP contribution in [-0.4, -0.2) is 54.8 Å². The smallest absolute Gasteiger partial charge is 0.408 e. The van der Waals surface area contributed by atoms with Crippen LogP contribution in [0.5, 0.6) is 0 Å². The Kier molecular flexibility index (Phi) is 5.64. The van der Waals surface area contributed by atoms with Crippen LogP contribution in [0.25, 0.3) is 11.1 Å². The zero-order valence-corrected chi connectivity index (χ0v) is 18.3. The lowest BCUT2D eigenvalue weighted by atomic mass is 9.84. The van der Waals surface area contributed by atoms with Crippen molar-refractivity contribution in [2.75, 3.05) is 37.6 Å². The van der Waals surface area contributed by atoms with E-state index in [4.69, 9.17) is 4.42 Å². The molecule has 0 aliphatic carbocycles. The lowest BCUT2D eigenvalue weighted by Gasteiger charge is -2.42. The highest BCUT2D eigenvalue weighted by Crippen LogP contribution is 2.44. The Balaban J connectivity index is 1.68. The first-order valence-electron chi connectivity index (χ1n) is 11.0. The SMILES string of the molecule is C[C@@H]1Cc2c(ccc3[nH]c(=O)oc23)[C@@H](c2c(F)cc(N3CCNCC3)cc2F)N1CC(F)(F)F. The van der Waals surface area contributed by atoms with E-state index in [1.54, 1.807) is 6.92 Å². The van der Waals surface area contributed by atoms with Crippen LogP contribution in [0, 0.1) is 11.6 Å². The second-order valence-electron chi connectivity index (χ2n) is 8.83. The maximum atomic E-state index is 15.5. The van der Waals surface area contributed by atoms with Gasteiger partial charge in [-0.3, -0.25) is 9.88 Å². The summed E-state index contributed by atoms with van der Waals surface area (Å²) in [7, 11) is 0. The molecule has 0 saturated carbocycles. The van der Waals surface area contributed by atoms with E-state index in [1.807, 2.05) is 4.90 Å². The molecule has 11 heteroatoms. The van der Waals surface area contributed by atoms with Gasteiger partial charge in [-0.2, -0.15) is 13.2 Å².